The van der Waals surface area contributed by atoms with Gasteiger partial charge in [0.05, 0.1) is 21.4 Å². The summed E-state index contributed by atoms with van der Waals surface area (Å²) < 4.78 is 6.02. The highest BCUT2D eigenvalue weighted by Crippen LogP contribution is 2.42. The third-order valence-electron chi connectivity index (χ3n) is 5.47. The van der Waals surface area contributed by atoms with E-state index in [0.717, 1.165) is 28.5 Å². The van der Waals surface area contributed by atoms with Crippen molar-refractivity contribution >= 4 is 40.2 Å². The van der Waals surface area contributed by atoms with Crippen LogP contribution < -0.4 is 14.5 Å². The molecule has 5 rings (SSSR count). The molecule has 2 aliphatic rings. The summed E-state index contributed by atoms with van der Waals surface area (Å²) >= 11 is 7.66. The maximum absolute atomic E-state index is 13.6. The average Bonchev–Trinajstić information content (AvgIpc) is 3.52. The van der Waals surface area contributed by atoms with Gasteiger partial charge < -0.3 is 14.5 Å². The lowest BCUT2D eigenvalue weighted by atomic mass is 10.1. The summed E-state index contributed by atoms with van der Waals surface area (Å²) in [4.78, 5) is 22.9. The second-order valence-electron chi connectivity index (χ2n) is 7.77. The largest absolute Gasteiger partial charge is 0.436 e. The predicted molar refractivity (Wildman–Crippen MR) is 122 cm³/mol. The van der Waals surface area contributed by atoms with Gasteiger partial charge in [-0.15, -0.1) is 11.3 Å². The topological polar surface area (TPSA) is 45.7 Å². The van der Waals surface area contributed by atoms with E-state index in [1.807, 2.05) is 49.1 Å². The van der Waals surface area contributed by atoms with E-state index in [1.165, 1.54) is 24.2 Å². The van der Waals surface area contributed by atoms with Gasteiger partial charge in [0.2, 0.25) is 5.88 Å². The summed E-state index contributed by atoms with van der Waals surface area (Å²) in [5.74, 6) is 0.745. The second kappa shape index (κ2) is 7.60. The van der Waals surface area contributed by atoms with E-state index < -0.39 is 0 Å². The van der Waals surface area contributed by atoms with Crippen molar-refractivity contribution in [2.75, 3.05) is 22.9 Å². The number of carbonyl (C=O) groups excluding carboxylic acids is 1. The Morgan fingerprint density at radius 2 is 1.90 bits per heavy atom. The smallest absolute Gasteiger partial charge is 0.274 e. The minimum absolute atomic E-state index is 0.0812. The lowest BCUT2D eigenvalue weighted by Gasteiger charge is -2.37. The molecule has 3 aromatic rings. The highest BCUT2D eigenvalue weighted by Gasteiger charge is 2.36. The number of carbonyl (C=O) groups is 1. The molecule has 0 N–H and O–H groups in total. The molecule has 7 heteroatoms. The maximum Gasteiger partial charge on any atom is 0.274 e. The fourth-order valence-corrected chi connectivity index (χ4v) is 4.84. The lowest BCUT2D eigenvalue weighted by molar-refractivity contribution is 0.0988. The summed E-state index contributed by atoms with van der Waals surface area (Å²) in [5, 5.41) is 1.27. The minimum atomic E-state index is -0.0812. The number of benzene rings is 2. The number of para-hydroxylation sites is 2. The fourth-order valence-electron chi connectivity index (χ4n) is 3.89. The van der Waals surface area contributed by atoms with Crippen LogP contribution in [-0.2, 0) is 0 Å². The number of rotatable bonds is 4. The van der Waals surface area contributed by atoms with Crippen LogP contribution in [0.25, 0.3) is 0 Å². The van der Waals surface area contributed by atoms with Gasteiger partial charge in [-0.05, 0) is 56.5 Å². The standard InChI is InChI=1S/C23H22ClN3O2S/c1-14-7-10-17(24)20(13-14)29-22-21(30-15(2)25-22)23(28)27-12-11-26(16-8-9-16)18-5-3-4-6-19(18)27/h3-7,10,13,16H,8-9,11-12H2,1-2H3. The molecule has 154 valence electrons. The van der Waals surface area contributed by atoms with E-state index >= 15 is 0 Å². The molecule has 0 unspecified atom stereocenters. The molecule has 0 spiro atoms. The number of nitrogens with zero attached hydrogens (tertiary/aromatic N) is 3. The van der Waals surface area contributed by atoms with Crippen molar-refractivity contribution in [3.05, 3.63) is 62.9 Å². The molecule has 0 radical (unpaired) electrons. The lowest BCUT2D eigenvalue weighted by Crippen LogP contribution is -2.44. The highest BCUT2D eigenvalue weighted by molar-refractivity contribution is 7.14. The van der Waals surface area contributed by atoms with Crippen LogP contribution in [0.1, 0.15) is 33.1 Å². The number of amides is 1. The number of anilines is 2. The summed E-state index contributed by atoms with van der Waals surface area (Å²) in [5.41, 5.74) is 3.11. The molecular weight excluding hydrogens is 418 g/mol. The molecule has 0 saturated heterocycles. The van der Waals surface area contributed by atoms with Crippen molar-refractivity contribution in [3.63, 3.8) is 0 Å². The highest BCUT2D eigenvalue weighted by atomic mass is 35.5. The SMILES string of the molecule is Cc1ccc(Cl)c(Oc2nc(C)sc2C(=O)N2CCN(C3CC3)c3ccccc32)c1. The number of hydrogen-bond acceptors (Lipinski definition) is 5. The van der Waals surface area contributed by atoms with Crippen molar-refractivity contribution in [2.45, 2.75) is 32.7 Å². The van der Waals surface area contributed by atoms with Gasteiger partial charge in [0.15, 0.2) is 4.88 Å². The van der Waals surface area contributed by atoms with E-state index in [9.17, 15) is 4.79 Å². The zero-order chi connectivity index (χ0) is 20.8. The molecular formula is C23H22ClN3O2S. The van der Waals surface area contributed by atoms with Gasteiger partial charge >= 0.3 is 0 Å². The van der Waals surface area contributed by atoms with E-state index in [2.05, 4.69) is 16.0 Å². The zero-order valence-corrected chi connectivity index (χ0v) is 18.5. The van der Waals surface area contributed by atoms with Crippen LogP contribution in [0.2, 0.25) is 5.02 Å². The predicted octanol–water partition coefficient (Wildman–Crippen LogP) is 5.83. The number of aryl methyl sites for hydroxylation is 2. The first kappa shape index (κ1) is 19.4. The number of thiazole rings is 1. The average molecular weight is 440 g/mol. The Hall–Kier alpha value is -2.57. The van der Waals surface area contributed by atoms with Crippen LogP contribution in [0, 0.1) is 13.8 Å². The molecule has 1 aliphatic heterocycles. The Morgan fingerprint density at radius 1 is 1.13 bits per heavy atom. The van der Waals surface area contributed by atoms with Gasteiger partial charge in [-0.1, -0.05) is 29.8 Å². The Morgan fingerprint density at radius 3 is 2.67 bits per heavy atom. The minimum Gasteiger partial charge on any atom is -0.436 e. The number of aromatic nitrogens is 1. The first-order chi connectivity index (χ1) is 14.5. The summed E-state index contributed by atoms with van der Waals surface area (Å²) in [6.07, 6.45) is 2.46. The molecule has 2 heterocycles. The van der Waals surface area contributed by atoms with Crippen LogP contribution in [0.4, 0.5) is 11.4 Å². The van der Waals surface area contributed by atoms with Gasteiger partial charge in [-0.2, -0.15) is 0 Å². The molecule has 1 fully saturated rings. The maximum atomic E-state index is 13.6. The molecule has 30 heavy (non-hydrogen) atoms. The van der Waals surface area contributed by atoms with Crippen molar-refractivity contribution in [3.8, 4) is 11.6 Å². The molecule has 1 saturated carbocycles. The summed E-state index contributed by atoms with van der Waals surface area (Å²) in [6, 6.07) is 14.3. The Balaban J connectivity index is 1.48. The van der Waals surface area contributed by atoms with Crippen LogP contribution in [0.3, 0.4) is 0 Å². The van der Waals surface area contributed by atoms with E-state index in [1.54, 1.807) is 6.07 Å². The molecule has 1 aromatic heterocycles. The quantitative estimate of drug-likeness (QED) is 0.512. The normalized spacial score (nSPS) is 15.8. The molecule has 5 nitrogen and oxygen atoms in total. The number of ether oxygens (including phenoxy) is 1. The van der Waals surface area contributed by atoms with Crippen LogP contribution >= 0.6 is 22.9 Å². The van der Waals surface area contributed by atoms with Crippen molar-refractivity contribution in [1.82, 2.24) is 4.98 Å². The molecule has 1 aliphatic carbocycles. The van der Waals surface area contributed by atoms with Crippen molar-refractivity contribution in [1.29, 1.82) is 0 Å². The van der Waals surface area contributed by atoms with Crippen molar-refractivity contribution < 1.29 is 9.53 Å². The Bertz CT molecular complexity index is 1130. The molecule has 0 atom stereocenters. The number of hydrogen-bond donors (Lipinski definition) is 0. The number of halogens is 1. The third-order valence-corrected chi connectivity index (χ3v) is 6.72. The van der Waals surface area contributed by atoms with E-state index in [-0.39, 0.29) is 5.91 Å². The van der Waals surface area contributed by atoms with Gasteiger partial charge in [0.1, 0.15) is 5.75 Å². The molecule has 2 aromatic carbocycles. The first-order valence-electron chi connectivity index (χ1n) is 10.1. The van der Waals surface area contributed by atoms with E-state index in [4.69, 9.17) is 16.3 Å². The summed E-state index contributed by atoms with van der Waals surface area (Å²) in [6.45, 7) is 5.34. The zero-order valence-electron chi connectivity index (χ0n) is 16.9. The Kier molecular flexibility index (Phi) is 4.91. The molecule has 0 bridgehead atoms. The Labute approximate surface area is 184 Å². The summed E-state index contributed by atoms with van der Waals surface area (Å²) in [7, 11) is 0. The van der Waals surface area contributed by atoms with Crippen LogP contribution in [0.5, 0.6) is 11.6 Å². The van der Waals surface area contributed by atoms with Crippen molar-refractivity contribution in [2.24, 2.45) is 0 Å². The fraction of sp³-hybridized carbons (Fsp3) is 0.304. The second-order valence-corrected chi connectivity index (χ2v) is 9.38. The van der Waals surface area contributed by atoms with Gasteiger partial charge in [-0.25, -0.2) is 4.98 Å². The van der Waals surface area contributed by atoms with Gasteiger partial charge in [-0.3, -0.25) is 4.79 Å². The van der Waals surface area contributed by atoms with E-state index in [0.29, 0.717) is 34.1 Å². The van der Waals surface area contributed by atoms with Gasteiger partial charge in [0.25, 0.3) is 5.91 Å². The first-order valence-corrected chi connectivity index (χ1v) is 11.3. The monoisotopic (exact) mass is 439 g/mol. The van der Waals surface area contributed by atoms with Gasteiger partial charge in [0, 0.05) is 19.1 Å². The third kappa shape index (κ3) is 3.55. The number of fused-ring (bicyclic) bond motifs is 1. The van der Waals surface area contributed by atoms with Crippen LogP contribution in [0.15, 0.2) is 42.5 Å². The van der Waals surface area contributed by atoms with Crippen LogP contribution in [-0.4, -0.2) is 30.0 Å². The molecule has 1 amide bonds.